The van der Waals surface area contributed by atoms with Crippen LogP contribution in [0.4, 0.5) is 14.9 Å². The summed E-state index contributed by atoms with van der Waals surface area (Å²) in [4.78, 5) is 49.2. The summed E-state index contributed by atoms with van der Waals surface area (Å²) in [5, 5.41) is 13.3. The number of carboxylic acid groups (broad SMARTS) is 1. The summed E-state index contributed by atoms with van der Waals surface area (Å²) in [5.41, 5.74) is -0.145. The van der Waals surface area contributed by atoms with Crippen LogP contribution in [0.2, 0.25) is 0 Å². The second kappa shape index (κ2) is 7.71. The number of rotatable bonds is 4. The first-order chi connectivity index (χ1) is 14.8. The second-order valence-electron chi connectivity index (χ2n) is 6.47. The van der Waals surface area contributed by atoms with Gasteiger partial charge in [0.05, 0.1) is 11.7 Å². The van der Waals surface area contributed by atoms with Gasteiger partial charge in [0.1, 0.15) is 22.9 Å². The highest BCUT2D eigenvalue weighted by Gasteiger charge is 2.37. The summed E-state index contributed by atoms with van der Waals surface area (Å²) in [6, 6.07) is 12.6. The molecule has 4 amide bonds. The molecule has 1 aromatic heterocycles. The molecule has 0 saturated carbocycles. The standard InChI is InChI=1S/C22H13FN2O6/c23-12-5-7-13(8-6-12)25-20(27)17(19(26)24-22(25)30)11-14-9-10-18(31-14)15-3-1-2-4-16(15)21(28)29/h1-11H,(H,28,29)(H,24,26,30)/p-1/b17-11+. The number of anilines is 1. The van der Waals surface area contributed by atoms with Gasteiger partial charge in [-0.05, 0) is 42.5 Å². The van der Waals surface area contributed by atoms with E-state index in [1.807, 2.05) is 5.32 Å². The molecule has 1 saturated heterocycles. The van der Waals surface area contributed by atoms with E-state index in [0.717, 1.165) is 18.2 Å². The molecular weight excluding hydrogens is 407 g/mol. The van der Waals surface area contributed by atoms with E-state index in [9.17, 15) is 28.7 Å². The molecule has 0 atom stereocenters. The molecule has 0 unspecified atom stereocenters. The first-order valence-electron chi connectivity index (χ1n) is 8.93. The quantitative estimate of drug-likeness (QED) is 0.511. The number of furan rings is 1. The Balaban J connectivity index is 1.69. The predicted octanol–water partition coefficient (Wildman–Crippen LogP) is 2.12. The van der Waals surface area contributed by atoms with E-state index in [-0.39, 0.29) is 28.3 Å². The molecule has 1 aliphatic heterocycles. The maximum atomic E-state index is 13.2. The highest BCUT2D eigenvalue weighted by molar-refractivity contribution is 6.39. The average Bonchev–Trinajstić information content (AvgIpc) is 3.21. The summed E-state index contributed by atoms with van der Waals surface area (Å²) in [7, 11) is 0. The Kier molecular flexibility index (Phi) is 4.92. The van der Waals surface area contributed by atoms with Crippen molar-refractivity contribution in [3.8, 4) is 11.3 Å². The normalized spacial score (nSPS) is 15.3. The van der Waals surface area contributed by atoms with Crippen molar-refractivity contribution in [3.05, 3.63) is 83.4 Å². The molecule has 9 heteroatoms. The summed E-state index contributed by atoms with van der Waals surface area (Å²) >= 11 is 0. The van der Waals surface area contributed by atoms with E-state index < -0.39 is 35.2 Å². The van der Waals surface area contributed by atoms with Gasteiger partial charge in [-0.2, -0.15) is 0 Å². The number of urea groups is 1. The van der Waals surface area contributed by atoms with Crippen molar-refractivity contribution < 1.29 is 33.1 Å². The molecule has 2 aromatic carbocycles. The molecule has 3 aromatic rings. The number of nitrogens with one attached hydrogen (secondary N) is 1. The molecule has 154 valence electrons. The van der Waals surface area contributed by atoms with E-state index in [2.05, 4.69) is 0 Å². The number of carboxylic acids is 1. The Labute approximate surface area is 174 Å². The summed E-state index contributed by atoms with van der Waals surface area (Å²) in [5.74, 6) is -3.53. The van der Waals surface area contributed by atoms with E-state index in [0.29, 0.717) is 4.90 Å². The van der Waals surface area contributed by atoms with Crippen LogP contribution in [0.5, 0.6) is 0 Å². The second-order valence-corrected chi connectivity index (χ2v) is 6.47. The highest BCUT2D eigenvalue weighted by Crippen LogP contribution is 2.28. The largest absolute Gasteiger partial charge is 0.545 e. The van der Waals surface area contributed by atoms with E-state index in [4.69, 9.17) is 4.42 Å². The summed E-state index contributed by atoms with van der Waals surface area (Å²) in [6.07, 6.45) is 1.13. The molecule has 1 aliphatic rings. The van der Waals surface area contributed by atoms with Gasteiger partial charge in [0.2, 0.25) is 0 Å². The number of benzene rings is 2. The van der Waals surface area contributed by atoms with Crippen LogP contribution in [0, 0.1) is 5.82 Å². The minimum absolute atomic E-state index is 0.0744. The highest BCUT2D eigenvalue weighted by atomic mass is 19.1. The number of aromatic carboxylic acids is 1. The lowest BCUT2D eigenvalue weighted by Crippen LogP contribution is -2.54. The molecule has 0 bridgehead atoms. The predicted molar refractivity (Wildman–Crippen MR) is 104 cm³/mol. The molecule has 0 aliphatic carbocycles. The summed E-state index contributed by atoms with van der Waals surface area (Å²) < 4.78 is 18.8. The number of hydrogen-bond donors (Lipinski definition) is 1. The van der Waals surface area contributed by atoms with Crippen molar-refractivity contribution in [2.75, 3.05) is 4.90 Å². The van der Waals surface area contributed by atoms with Crippen molar-refractivity contribution in [1.82, 2.24) is 5.32 Å². The Morgan fingerprint density at radius 3 is 2.42 bits per heavy atom. The molecule has 8 nitrogen and oxygen atoms in total. The third-order valence-electron chi connectivity index (χ3n) is 4.51. The van der Waals surface area contributed by atoms with Gasteiger partial charge in [-0.15, -0.1) is 0 Å². The van der Waals surface area contributed by atoms with Crippen molar-refractivity contribution in [1.29, 1.82) is 0 Å². The first kappa shape index (κ1) is 19.8. The van der Waals surface area contributed by atoms with Gasteiger partial charge in [-0.25, -0.2) is 14.1 Å². The van der Waals surface area contributed by atoms with Crippen LogP contribution >= 0.6 is 0 Å². The van der Waals surface area contributed by atoms with Crippen LogP contribution in [0.25, 0.3) is 17.4 Å². The van der Waals surface area contributed by atoms with Crippen molar-refractivity contribution >= 4 is 35.6 Å². The number of amides is 4. The van der Waals surface area contributed by atoms with Crippen LogP contribution in [0.3, 0.4) is 0 Å². The topological polar surface area (TPSA) is 120 Å². The maximum Gasteiger partial charge on any atom is 0.335 e. The Morgan fingerprint density at radius 2 is 1.71 bits per heavy atom. The molecule has 2 heterocycles. The van der Waals surface area contributed by atoms with Gasteiger partial charge in [0.15, 0.2) is 0 Å². The summed E-state index contributed by atoms with van der Waals surface area (Å²) in [6.45, 7) is 0. The molecule has 4 rings (SSSR count). The lowest BCUT2D eigenvalue weighted by atomic mass is 10.1. The fourth-order valence-electron chi connectivity index (χ4n) is 3.08. The van der Waals surface area contributed by atoms with Gasteiger partial charge in [-0.3, -0.25) is 14.9 Å². The van der Waals surface area contributed by atoms with Gasteiger partial charge in [0.25, 0.3) is 11.8 Å². The van der Waals surface area contributed by atoms with Crippen LogP contribution in [-0.4, -0.2) is 23.8 Å². The molecule has 31 heavy (non-hydrogen) atoms. The minimum atomic E-state index is -1.39. The Morgan fingerprint density at radius 1 is 1.00 bits per heavy atom. The zero-order chi connectivity index (χ0) is 22.1. The van der Waals surface area contributed by atoms with E-state index in [1.165, 1.54) is 42.5 Å². The van der Waals surface area contributed by atoms with Crippen LogP contribution < -0.4 is 15.3 Å². The number of barbiturate groups is 1. The molecular formula is C22H12FN2O6-. The van der Waals surface area contributed by atoms with Gasteiger partial charge in [0, 0.05) is 11.1 Å². The lowest BCUT2D eigenvalue weighted by molar-refractivity contribution is -0.255. The number of imide groups is 2. The fraction of sp³-hybridized carbons (Fsp3) is 0. The van der Waals surface area contributed by atoms with Gasteiger partial charge in [-0.1, -0.05) is 24.3 Å². The lowest BCUT2D eigenvalue weighted by Gasteiger charge is -2.26. The monoisotopic (exact) mass is 419 g/mol. The van der Waals surface area contributed by atoms with Gasteiger partial charge < -0.3 is 14.3 Å². The average molecular weight is 419 g/mol. The maximum absolute atomic E-state index is 13.2. The zero-order valence-electron chi connectivity index (χ0n) is 15.6. The van der Waals surface area contributed by atoms with Crippen LogP contribution in [-0.2, 0) is 9.59 Å². The van der Waals surface area contributed by atoms with Crippen molar-refractivity contribution in [3.63, 3.8) is 0 Å². The fourth-order valence-corrected chi connectivity index (χ4v) is 3.08. The van der Waals surface area contributed by atoms with E-state index in [1.54, 1.807) is 6.07 Å². The zero-order valence-corrected chi connectivity index (χ0v) is 15.6. The number of carbonyl (C=O) groups excluding carboxylic acids is 4. The van der Waals surface area contributed by atoms with Gasteiger partial charge >= 0.3 is 6.03 Å². The molecule has 1 N–H and O–H groups in total. The minimum Gasteiger partial charge on any atom is -0.545 e. The Bertz CT molecular complexity index is 1260. The third-order valence-corrected chi connectivity index (χ3v) is 4.51. The molecule has 0 spiro atoms. The number of nitrogens with zero attached hydrogens (tertiary/aromatic N) is 1. The van der Waals surface area contributed by atoms with Crippen molar-refractivity contribution in [2.24, 2.45) is 0 Å². The Hall–Kier alpha value is -4.53. The molecule has 0 radical (unpaired) electrons. The number of hydrogen-bond acceptors (Lipinski definition) is 6. The number of carbonyl (C=O) groups is 4. The van der Waals surface area contributed by atoms with Crippen molar-refractivity contribution in [2.45, 2.75) is 0 Å². The SMILES string of the molecule is O=C1NC(=O)N(c2ccc(F)cc2)C(=O)/C1=C/c1ccc(-c2ccccc2C(=O)[O-])o1. The molecule has 1 fully saturated rings. The van der Waals surface area contributed by atoms with Crippen LogP contribution in [0.15, 0.2) is 70.7 Å². The third kappa shape index (κ3) is 3.71. The first-order valence-corrected chi connectivity index (χ1v) is 8.93. The smallest absolute Gasteiger partial charge is 0.335 e. The van der Waals surface area contributed by atoms with E-state index >= 15 is 0 Å². The number of halogens is 1. The van der Waals surface area contributed by atoms with Crippen LogP contribution in [0.1, 0.15) is 16.1 Å².